The molecule has 5 rings (SSSR count). The summed E-state index contributed by atoms with van der Waals surface area (Å²) >= 11 is 12.7. The summed E-state index contributed by atoms with van der Waals surface area (Å²) in [5, 5.41) is 3.88. The highest BCUT2D eigenvalue weighted by Crippen LogP contribution is 2.31. The summed E-state index contributed by atoms with van der Waals surface area (Å²) in [4.78, 5) is 35.2. The molecule has 9 nitrogen and oxygen atoms in total. The molecule has 4 aromatic rings. The Labute approximate surface area is 235 Å². The van der Waals surface area contributed by atoms with Crippen molar-refractivity contribution in [1.82, 2.24) is 19.1 Å². The van der Waals surface area contributed by atoms with Gasteiger partial charge in [0.15, 0.2) is 0 Å². The van der Waals surface area contributed by atoms with E-state index in [0.29, 0.717) is 38.6 Å². The Morgan fingerprint density at radius 2 is 1.79 bits per heavy atom. The molecule has 1 aliphatic rings. The first kappa shape index (κ1) is 27.1. The molecule has 0 saturated carbocycles. The van der Waals surface area contributed by atoms with E-state index in [2.05, 4.69) is 19.6 Å². The lowest BCUT2D eigenvalue weighted by atomic mass is 10.1. The highest BCUT2D eigenvalue weighted by molar-refractivity contribution is 7.93. The number of anilines is 2. The molecule has 0 radical (unpaired) electrons. The van der Waals surface area contributed by atoms with Crippen LogP contribution in [0.3, 0.4) is 0 Å². The van der Waals surface area contributed by atoms with Crippen molar-refractivity contribution in [2.75, 3.05) is 16.8 Å². The quantitative estimate of drug-likeness (QED) is 0.325. The molecule has 0 spiro atoms. The third-order valence-corrected chi connectivity index (χ3v) is 9.39. The summed E-state index contributed by atoms with van der Waals surface area (Å²) < 4.78 is 19.6. The van der Waals surface area contributed by atoms with Gasteiger partial charge >= 0.3 is 11.4 Å². The molecule has 2 aromatic carbocycles. The fourth-order valence-electron chi connectivity index (χ4n) is 4.41. The van der Waals surface area contributed by atoms with Crippen molar-refractivity contribution < 1.29 is 4.21 Å². The zero-order chi connectivity index (χ0) is 27.7. The summed E-state index contributed by atoms with van der Waals surface area (Å²) in [6, 6.07) is 12.1. The van der Waals surface area contributed by atoms with E-state index in [1.54, 1.807) is 42.6 Å². The van der Waals surface area contributed by atoms with Gasteiger partial charge < -0.3 is 5.32 Å². The van der Waals surface area contributed by atoms with Gasteiger partial charge in [-0.2, -0.15) is 9.35 Å². The minimum absolute atomic E-state index is 0.0312. The van der Waals surface area contributed by atoms with Gasteiger partial charge in [0.1, 0.15) is 0 Å². The highest BCUT2D eigenvalue weighted by Gasteiger charge is 2.19. The van der Waals surface area contributed by atoms with E-state index in [9.17, 15) is 13.8 Å². The molecule has 0 bridgehead atoms. The monoisotopic (exact) mass is 584 g/mol. The number of aromatic nitrogens is 4. The molecule has 0 unspecified atom stereocenters. The number of hydrogen-bond donors (Lipinski definition) is 1. The van der Waals surface area contributed by atoms with E-state index in [-0.39, 0.29) is 12.5 Å². The Bertz CT molecular complexity index is 1810. The maximum atomic E-state index is 13.8. The van der Waals surface area contributed by atoms with Gasteiger partial charge in [0.2, 0.25) is 5.95 Å². The molecule has 1 fully saturated rings. The van der Waals surface area contributed by atoms with Crippen LogP contribution in [0.15, 0.2) is 68.8 Å². The highest BCUT2D eigenvalue weighted by atomic mass is 35.5. The Balaban J connectivity index is 1.60. The van der Waals surface area contributed by atoms with Crippen molar-refractivity contribution in [1.29, 1.82) is 0 Å². The standard InChI is InChI=1S/C27H26Cl2N6O3S/c1-17-11-22(15-30-14-17)35-26(36)32-25(34(27(35)37)16-19-12-20(28)6-5-18(19)2)31-21-7-8-24(23(29)13-21)33-39(38)9-3-4-10-39/h5-8,11-15H,3-4,9-10,16H2,1-2H3,(H,31,32,36). The van der Waals surface area contributed by atoms with E-state index in [1.165, 1.54) is 10.8 Å². The van der Waals surface area contributed by atoms with Gasteiger partial charge in [-0.15, -0.1) is 0 Å². The van der Waals surface area contributed by atoms with Crippen LogP contribution in [0, 0.1) is 13.8 Å². The van der Waals surface area contributed by atoms with Gasteiger partial charge in [-0.1, -0.05) is 29.3 Å². The maximum absolute atomic E-state index is 13.8. The maximum Gasteiger partial charge on any atom is 0.359 e. The van der Waals surface area contributed by atoms with Crippen molar-refractivity contribution in [2.45, 2.75) is 33.2 Å². The summed E-state index contributed by atoms with van der Waals surface area (Å²) in [6.07, 6.45) is 4.85. The number of nitrogens with zero attached hydrogens (tertiary/aromatic N) is 5. The number of benzene rings is 2. The molecule has 1 saturated heterocycles. The molecule has 202 valence electrons. The van der Waals surface area contributed by atoms with Crippen molar-refractivity contribution in [3.63, 3.8) is 0 Å². The molecule has 39 heavy (non-hydrogen) atoms. The normalized spacial score (nSPS) is 14.4. The van der Waals surface area contributed by atoms with Crippen LogP contribution in [-0.4, -0.2) is 34.8 Å². The molecular formula is C27H26Cl2N6O3S. The van der Waals surface area contributed by atoms with E-state index in [0.717, 1.165) is 34.1 Å². The second-order valence-corrected chi connectivity index (χ2v) is 12.9. The largest absolute Gasteiger partial charge is 0.359 e. The minimum Gasteiger partial charge on any atom is -0.325 e. The summed E-state index contributed by atoms with van der Waals surface area (Å²) in [5.74, 6) is 1.16. The van der Waals surface area contributed by atoms with Gasteiger partial charge in [0.25, 0.3) is 0 Å². The molecule has 0 aliphatic carbocycles. The summed E-state index contributed by atoms with van der Waals surface area (Å²) in [6.45, 7) is 3.83. The second kappa shape index (κ2) is 11.0. The predicted octanol–water partition coefficient (Wildman–Crippen LogP) is 5.40. The topological polar surface area (TPSA) is 111 Å². The van der Waals surface area contributed by atoms with Crippen molar-refractivity contribution in [2.24, 2.45) is 4.36 Å². The van der Waals surface area contributed by atoms with Crippen LogP contribution >= 0.6 is 23.2 Å². The Kier molecular flexibility index (Phi) is 7.61. The van der Waals surface area contributed by atoms with Gasteiger partial charge in [0.05, 0.1) is 38.9 Å². The van der Waals surface area contributed by atoms with Crippen molar-refractivity contribution in [3.8, 4) is 5.69 Å². The van der Waals surface area contributed by atoms with E-state index in [1.807, 2.05) is 19.9 Å². The van der Waals surface area contributed by atoms with Gasteiger partial charge in [-0.05, 0) is 79.8 Å². The van der Waals surface area contributed by atoms with E-state index in [4.69, 9.17) is 23.2 Å². The van der Waals surface area contributed by atoms with Crippen LogP contribution in [0.25, 0.3) is 5.69 Å². The SMILES string of the molecule is Cc1cncc(-n2c(=O)nc(Nc3ccc(N=S4(=O)CCCC4)c(Cl)c3)n(Cc3cc(Cl)ccc3C)c2=O)c1. The lowest BCUT2D eigenvalue weighted by Gasteiger charge is -2.17. The molecular weight excluding hydrogens is 559 g/mol. The van der Waals surface area contributed by atoms with Crippen LogP contribution in [0.1, 0.15) is 29.5 Å². The smallest absolute Gasteiger partial charge is 0.325 e. The average Bonchev–Trinajstić information content (AvgIpc) is 3.31. The van der Waals surface area contributed by atoms with Crippen molar-refractivity contribution in [3.05, 3.63) is 103 Å². The molecule has 0 amide bonds. The Hall–Kier alpha value is -3.47. The van der Waals surface area contributed by atoms with Crippen LogP contribution < -0.4 is 16.7 Å². The fraction of sp³-hybridized carbons (Fsp3) is 0.259. The number of nitrogens with one attached hydrogen (secondary N) is 1. The number of hydrogen-bond acceptors (Lipinski definition) is 7. The predicted molar refractivity (Wildman–Crippen MR) is 156 cm³/mol. The third-order valence-electron chi connectivity index (χ3n) is 6.47. The first-order chi connectivity index (χ1) is 18.6. The van der Waals surface area contributed by atoms with Crippen LogP contribution in [0.5, 0.6) is 0 Å². The lowest BCUT2D eigenvalue weighted by Crippen LogP contribution is -2.41. The van der Waals surface area contributed by atoms with Gasteiger partial charge in [0, 0.05) is 28.4 Å². The third kappa shape index (κ3) is 5.93. The second-order valence-electron chi connectivity index (χ2n) is 9.48. The number of aryl methyl sites for hydroxylation is 2. The number of rotatable bonds is 6. The minimum atomic E-state index is -2.29. The average molecular weight is 586 g/mol. The molecule has 12 heteroatoms. The first-order valence-corrected chi connectivity index (χ1v) is 14.9. The lowest BCUT2D eigenvalue weighted by molar-refractivity contribution is 0.655. The molecule has 2 aromatic heterocycles. The number of pyridine rings is 1. The number of halogens is 2. The zero-order valence-corrected chi connectivity index (χ0v) is 23.7. The fourth-order valence-corrected chi connectivity index (χ4v) is 7.09. The van der Waals surface area contributed by atoms with Crippen LogP contribution in [0.2, 0.25) is 10.0 Å². The summed E-state index contributed by atoms with van der Waals surface area (Å²) in [5.41, 5.74) is 2.38. The molecule has 3 heterocycles. The Morgan fingerprint density at radius 1 is 1.03 bits per heavy atom. The van der Waals surface area contributed by atoms with Gasteiger partial charge in [-0.25, -0.2) is 18.4 Å². The van der Waals surface area contributed by atoms with Crippen LogP contribution in [-0.2, 0) is 16.3 Å². The Morgan fingerprint density at radius 3 is 2.51 bits per heavy atom. The van der Waals surface area contributed by atoms with Crippen LogP contribution in [0.4, 0.5) is 17.3 Å². The first-order valence-electron chi connectivity index (χ1n) is 12.3. The molecule has 1 N–H and O–H groups in total. The van der Waals surface area contributed by atoms with E-state index < -0.39 is 21.1 Å². The summed E-state index contributed by atoms with van der Waals surface area (Å²) in [7, 11) is -2.29. The molecule has 1 aliphatic heterocycles. The zero-order valence-electron chi connectivity index (χ0n) is 21.4. The molecule has 0 atom stereocenters. The van der Waals surface area contributed by atoms with Crippen molar-refractivity contribution >= 4 is 50.3 Å². The van der Waals surface area contributed by atoms with Gasteiger partial charge in [-0.3, -0.25) is 9.55 Å². The van der Waals surface area contributed by atoms with E-state index >= 15 is 0 Å².